The lowest BCUT2D eigenvalue weighted by Crippen LogP contribution is -2.33. The van der Waals surface area contributed by atoms with Crippen LogP contribution in [-0.2, 0) is 16.2 Å². The first-order valence-corrected chi connectivity index (χ1v) is 11.1. The highest BCUT2D eigenvalue weighted by Gasteiger charge is 2.36. The monoisotopic (exact) mass is 536 g/mol. The van der Waals surface area contributed by atoms with Gasteiger partial charge >= 0.3 is 5.97 Å². The number of nitro groups is 1. The molecule has 0 bridgehead atoms. The van der Waals surface area contributed by atoms with Gasteiger partial charge in [0.05, 0.1) is 16.4 Å². The van der Waals surface area contributed by atoms with Crippen LogP contribution in [0.15, 0.2) is 45.8 Å². The lowest BCUT2D eigenvalue weighted by molar-refractivity contribution is -0.384. The van der Waals surface area contributed by atoms with Crippen LogP contribution < -0.4 is 9.47 Å². The average molecular weight is 537 g/mol. The molecule has 2 aromatic rings. The van der Waals surface area contributed by atoms with Gasteiger partial charge in [0.15, 0.2) is 11.5 Å². The van der Waals surface area contributed by atoms with Crippen molar-refractivity contribution in [1.29, 1.82) is 0 Å². The number of carboxylic acid groups (broad SMARTS) is 1. The number of nitro benzene ring substituents is 1. The number of nitrogens with zero attached hydrogens (tertiary/aromatic N) is 2. The SMILES string of the molecule is CCOc1cc(/C=C2/SC(=O)N(CC(=O)O)C2=O)c(Br)cc1OCc1ccc([N+](=O)[O-])cc1. The molecule has 1 aliphatic heterocycles. The number of rotatable bonds is 9. The molecule has 0 atom stereocenters. The van der Waals surface area contributed by atoms with E-state index in [1.165, 1.54) is 18.2 Å². The van der Waals surface area contributed by atoms with Crippen LogP contribution in [0, 0.1) is 10.1 Å². The van der Waals surface area contributed by atoms with Gasteiger partial charge in [-0.05, 0) is 60.2 Å². The fraction of sp³-hybridized carbons (Fsp3) is 0.190. The third-order valence-corrected chi connectivity index (χ3v) is 5.95. The summed E-state index contributed by atoms with van der Waals surface area (Å²) in [6, 6.07) is 9.23. The largest absolute Gasteiger partial charge is 0.490 e. The van der Waals surface area contributed by atoms with Crippen LogP contribution in [0.3, 0.4) is 0 Å². The summed E-state index contributed by atoms with van der Waals surface area (Å²) in [6.45, 7) is 1.56. The predicted octanol–water partition coefficient (Wildman–Crippen LogP) is 4.46. The van der Waals surface area contributed by atoms with Gasteiger partial charge in [-0.1, -0.05) is 15.9 Å². The minimum absolute atomic E-state index is 0.0198. The van der Waals surface area contributed by atoms with E-state index in [4.69, 9.17) is 14.6 Å². The summed E-state index contributed by atoms with van der Waals surface area (Å²) in [4.78, 5) is 46.3. The lowest BCUT2D eigenvalue weighted by atomic mass is 10.1. The van der Waals surface area contributed by atoms with Crippen molar-refractivity contribution < 1.29 is 33.9 Å². The number of hydrogen-bond acceptors (Lipinski definition) is 8. The summed E-state index contributed by atoms with van der Waals surface area (Å²) in [6.07, 6.45) is 1.47. The molecule has 0 aliphatic carbocycles. The van der Waals surface area contributed by atoms with Crippen LogP contribution in [0.2, 0.25) is 0 Å². The number of benzene rings is 2. The molecule has 3 rings (SSSR count). The van der Waals surface area contributed by atoms with Gasteiger partial charge in [-0.3, -0.25) is 29.4 Å². The number of imide groups is 1. The standard InChI is InChI=1S/C21H17BrN2O8S/c1-2-31-16-7-13(8-18-20(27)23(10-19(25)26)21(28)33-18)15(22)9-17(16)32-11-12-3-5-14(6-4-12)24(29)30/h3-9H,2,10-11H2,1H3,(H,25,26)/b18-8+. The second-order valence-electron chi connectivity index (χ2n) is 6.63. The number of non-ortho nitro benzene ring substituents is 1. The molecule has 0 unspecified atom stereocenters. The van der Waals surface area contributed by atoms with Crippen LogP contribution in [0.25, 0.3) is 6.08 Å². The molecule has 2 amide bonds. The van der Waals surface area contributed by atoms with E-state index in [1.807, 2.05) is 0 Å². The molecule has 10 nitrogen and oxygen atoms in total. The number of ether oxygens (including phenoxy) is 2. The maximum atomic E-state index is 12.4. The van der Waals surface area contributed by atoms with Gasteiger partial charge in [-0.15, -0.1) is 0 Å². The normalized spacial score (nSPS) is 14.6. The Labute approximate surface area is 200 Å². The number of thioether (sulfide) groups is 1. The molecule has 1 heterocycles. The Kier molecular flexibility index (Phi) is 7.71. The number of carbonyl (C=O) groups is 3. The molecule has 0 radical (unpaired) electrons. The minimum atomic E-state index is -1.28. The predicted molar refractivity (Wildman–Crippen MR) is 123 cm³/mol. The van der Waals surface area contributed by atoms with Gasteiger partial charge in [-0.2, -0.15) is 0 Å². The van der Waals surface area contributed by atoms with Crippen molar-refractivity contribution in [2.24, 2.45) is 0 Å². The Morgan fingerprint density at radius 2 is 1.88 bits per heavy atom. The summed E-state index contributed by atoms with van der Waals surface area (Å²) in [5.74, 6) is -1.18. The highest BCUT2D eigenvalue weighted by Crippen LogP contribution is 2.38. The number of carbonyl (C=O) groups excluding carboxylic acids is 2. The second-order valence-corrected chi connectivity index (χ2v) is 8.47. The van der Waals surface area contributed by atoms with E-state index in [-0.39, 0.29) is 17.2 Å². The number of aliphatic carboxylic acids is 1. The summed E-state index contributed by atoms with van der Waals surface area (Å²) in [5, 5.41) is 19.0. The zero-order chi connectivity index (χ0) is 24.1. The fourth-order valence-electron chi connectivity index (χ4n) is 2.83. The first kappa shape index (κ1) is 24.3. The number of halogens is 1. The van der Waals surface area contributed by atoms with Gasteiger partial charge in [0.1, 0.15) is 13.2 Å². The van der Waals surface area contributed by atoms with Crippen molar-refractivity contribution in [3.63, 3.8) is 0 Å². The molecule has 1 saturated heterocycles. The van der Waals surface area contributed by atoms with Gasteiger partial charge in [0.2, 0.25) is 0 Å². The van der Waals surface area contributed by atoms with E-state index >= 15 is 0 Å². The van der Waals surface area contributed by atoms with Crippen LogP contribution in [0.4, 0.5) is 10.5 Å². The molecule has 0 saturated carbocycles. The highest BCUT2D eigenvalue weighted by atomic mass is 79.9. The molecule has 172 valence electrons. The smallest absolute Gasteiger partial charge is 0.323 e. The van der Waals surface area contributed by atoms with Gasteiger partial charge in [-0.25, -0.2) is 0 Å². The van der Waals surface area contributed by atoms with Gasteiger partial charge < -0.3 is 14.6 Å². The molecule has 0 aromatic heterocycles. The molecule has 12 heteroatoms. The first-order chi connectivity index (χ1) is 15.7. The molecular formula is C21H17BrN2O8S. The average Bonchev–Trinajstić information content (AvgIpc) is 3.02. The molecular weight excluding hydrogens is 520 g/mol. The van der Waals surface area contributed by atoms with Crippen molar-refractivity contribution >= 4 is 56.6 Å². The number of hydrogen-bond donors (Lipinski definition) is 1. The minimum Gasteiger partial charge on any atom is -0.490 e. The topological polar surface area (TPSA) is 136 Å². The van der Waals surface area contributed by atoms with Crippen LogP contribution in [0.1, 0.15) is 18.1 Å². The maximum absolute atomic E-state index is 12.4. The van der Waals surface area contributed by atoms with E-state index in [0.717, 1.165) is 5.56 Å². The van der Waals surface area contributed by atoms with E-state index in [1.54, 1.807) is 31.2 Å². The zero-order valence-electron chi connectivity index (χ0n) is 17.1. The van der Waals surface area contributed by atoms with Crippen LogP contribution in [-0.4, -0.2) is 45.2 Å². The van der Waals surface area contributed by atoms with Gasteiger partial charge in [0, 0.05) is 16.6 Å². The number of amides is 2. The molecule has 1 fully saturated rings. The van der Waals surface area contributed by atoms with Gasteiger partial charge in [0.25, 0.3) is 16.8 Å². The third kappa shape index (κ3) is 5.90. The zero-order valence-corrected chi connectivity index (χ0v) is 19.6. The Morgan fingerprint density at radius 3 is 2.48 bits per heavy atom. The Bertz CT molecular complexity index is 1150. The van der Waals surface area contributed by atoms with Crippen molar-refractivity contribution in [1.82, 2.24) is 4.90 Å². The van der Waals surface area contributed by atoms with Crippen molar-refractivity contribution in [3.05, 3.63) is 67.0 Å². The third-order valence-electron chi connectivity index (χ3n) is 4.36. The van der Waals surface area contributed by atoms with E-state index in [9.17, 15) is 24.5 Å². The summed E-state index contributed by atoms with van der Waals surface area (Å²) in [7, 11) is 0. The molecule has 1 N–H and O–H groups in total. The van der Waals surface area contributed by atoms with Crippen LogP contribution in [0.5, 0.6) is 11.5 Å². The second kappa shape index (κ2) is 10.5. The Balaban J connectivity index is 1.83. The fourth-order valence-corrected chi connectivity index (χ4v) is 4.10. The molecule has 1 aliphatic rings. The quantitative estimate of drug-likeness (QED) is 0.279. The highest BCUT2D eigenvalue weighted by molar-refractivity contribution is 9.10. The number of carboxylic acids is 1. The van der Waals surface area contributed by atoms with Crippen LogP contribution >= 0.6 is 27.7 Å². The summed E-state index contributed by atoms with van der Waals surface area (Å²) >= 11 is 4.07. The van der Waals surface area contributed by atoms with E-state index < -0.39 is 28.6 Å². The van der Waals surface area contributed by atoms with E-state index in [2.05, 4.69) is 15.9 Å². The summed E-state index contributed by atoms with van der Waals surface area (Å²) < 4.78 is 12.0. The Morgan fingerprint density at radius 1 is 1.21 bits per heavy atom. The Hall–Kier alpha value is -3.38. The molecule has 33 heavy (non-hydrogen) atoms. The molecule has 2 aromatic carbocycles. The van der Waals surface area contributed by atoms with Crippen molar-refractivity contribution in [2.45, 2.75) is 13.5 Å². The van der Waals surface area contributed by atoms with Crippen molar-refractivity contribution in [2.75, 3.05) is 13.2 Å². The lowest BCUT2D eigenvalue weighted by Gasteiger charge is -2.14. The van der Waals surface area contributed by atoms with E-state index in [0.29, 0.717) is 44.8 Å². The van der Waals surface area contributed by atoms with Crippen molar-refractivity contribution in [3.8, 4) is 11.5 Å². The molecule has 0 spiro atoms. The first-order valence-electron chi connectivity index (χ1n) is 9.49. The summed E-state index contributed by atoms with van der Waals surface area (Å²) in [5.41, 5.74) is 1.23. The maximum Gasteiger partial charge on any atom is 0.323 e.